The van der Waals surface area contributed by atoms with E-state index < -0.39 is 23.6 Å². The molecular formula is C20H24BrFN2O5. The SMILES string of the molecule is CON1CCC2(CC1)C(O)=C(c1cc(Br)c(F)cc1C)C(=O)N2OC1CCCO1. The van der Waals surface area contributed by atoms with Crippen molar-refractivity contribution in [1.82, 2.24) is 10.1 Å². The number of benzene rings is 1. The Morgan fingerprint density at radius 2 is 2.07 bits per heavy atom. The summed E-state index contributed by atoms with van der Waals surface area (Å²) < 4.78 is 19.7. The van der Waals surface area contributed by atoms with Crippen LogP contribution < -0.4 is 0 Å². The van der Waals surface area contributed by atoms with E-state index in [1.807, 2.05) is 0 Å². The van der Waals surface area contributed by atoms with Crippen LogP contribution in [0.5, 0.6) is 0 Å². The number of hydrogen-bond acceptors (Lipinski definition) is 6. The minimum Gasteiger partial charge on any atom is -0.509 e. The Bertz CT molecular complexity index is 848. The van der Waals surface area contributed by atoms with Crippen molar-refractivity contribution >= 4 is 27.4 Å². The van der Waals surface area contributed by atoms with Gasteiger partial charge in [-0.15, -0.1) is 0 Å². The lowest BCUT2D eigenvalue weighted by Gasteiger charge is -2.43. The van der Waals surface area contributed by atoms with Gasteiger partial charge in [-0.25, -0.2) is 14.3 Å². The third kappa shape index (κ3) is 3.48. The van der Waals surface area contributed by atoms with Crippen LogP contribution in [0.25, 0.3) is 5.57 Å². The van der Waals surface area contributed by atoms with E-state index in [0.717, 1.165) is 6.42 Å². The average Bonchev–Trinajstić information content (AvgIpc) is 3.28. The molecule has 29 heavy (non-hydrogen) atoms. The number of hydroxylamine groups is 4. The predicted octanol–water partition coefficient (Wildman–Crippen LogP) is 3.47. The first-order valence-corrected chi connectivity index (χ1v) is 10.5. The maximum Gasteiger partial charge on any atom is 0.282 e. The van der Waals surface area contributed by atoms with Crippen LogP contribution in [-0.2, 0) is 19.2 Å². The molecule has 0 radical (unpaired) electrons. The summed E-state index contributed by atoms with van der Waals surface area (Å²) in [7, 11) is 1.60. The van der Waals surface area contributed by atoms with Crippen LogP contribution >= 0.6 is 15.9 Å². The molecule has 0 bridgehead atoms. The fourth-order valence-corrected chi connectivity index (χ4v) is 4.60. The van der Waals surface area contributed by atoms with E-state index in [-0.39, 0.29) is 15.8 Å². The van der Waals surface area contributed by atoms with Crippen LogP contribution in [0.1, 0.15) is 36.8 Å². The van der Waals surface area contributed by atoms with Gasteiger partial charge < -0.3 is 14.7 Å². The number of aryl methyl sites for hydroxylation is 1. The number of nitrogens with zero attached hydrogens (tertiary/aromatic N) is 2. The highest BCUT2D eigenvalue weighted by Crippen LogP contribution is 2.47. The van der Waals surface area contributed by atoms with E-state index in [2.05, 4.69) is 15.9 Å². The average molecular weight is 471 g/mol. The smallest absolute Gasteiger partial charge is 0.282 e. The maximum absolute atomic E-state index is 13.9. The van der Waals surface area contributed by atoms with Crippen molar-refractivity contribution in [2.45, 2.75) is 44.4 Å². The quantitative estimate of drug-likeness (QED) is 0.726. The highest BCUT2D eigenvalue weighted by molar-refractivity contribution is 9.10. The normalized spacial score (nSPS) is 24.9. The molecule has 1 aromatic rings. The fourth-order valence-electron chi connectivity index (χ4n) is 4.26. The monoisotopic (exact) mass is 470 g/mol. The summed E-state index contributed by atoms with van der Waals surface area (Å²) in [6, 6.07) is 2.87. The zero-order valence-corrected chi connectivity index (χ0v) is 18.0. The maximum atomic E-state index is 13.9. The number of carbonyl (C=O) groups is 1. The van der Waals surface area contributed by atoms with Crippen LogP contribution in [-0.4, -0.2) is 59.8 Å². The molecule has 1 amide bonds. The highest BCUT2D eigenvalue weighted by atomic mass is 79.9. The second-order valence-corrected chi connectivity index (χ2v) is 8.45. The summed E-state index contributed by atoms with van der Waals surface area (Å²) in [6.45, 7) is 3.34. The van der Waals surface area contributed by atoms with Gasteiger partial charge in [0.25, 0.3) is 5.91 Å². The van der Waals surface area contributed by atoms with Crippen molar-refractivity contribution in [1.29, 1.82) is 0 Å². The minimum atomic E-state index is -0.999. The molecule has 7 nitrogen and oxygen atoms in total. The molecule has 2 fully saturated rings. The largest absolute Gasteiger partial charge is 0.509 e. The van der Waals surface area contributed by atoms with Gasteiger partial charge in [0, 0.05) is 19.5 Å². The third-order valence-corrected chi connectivity index (χ3v) is 6.53. The topological polar surface area (TPSA) is 71.5 Å². The minimum absolute atomic E-state index is 0.0436. The molecule has 1 atom stereocenters. The van der Waals surface area contributed by atoms with Crippen LogP contribution in [0.4, 0.5) is 4.39 Å². The fraction of sp³-hybridized carbons (Fsp3) is 0.550. The first-order valence-electron chi connectivity index (χ1n) is 9.69. The third-order valence-electron chi connectivity index (χ3n) is 5.92. The molecule has 9 heteroatoms. The lowest BCUT2D eigenvalue weighted by molar-refractivity contribution is -0.291. The van der Waals surface area contributed by atoms with Crippen molar-refractivity contribution in [2.24, 2.45) is 0 Å². The summed E-state index contributed by atoms with van der Waals surface area (Å²) >= 11 is 3.18. The van der Waals surface area contributed by atoms with Crippen LogP contribution in [0, 0.1) is 12.7 Å². The molecule has 0 aromatic heterocycles. The van der Waals surface area contributed by atoms with Gasteiger partial charge in [-0.05, 0) is 65.4 Å². The molecule has 2 saturated heterocycles. The molecule has 3 heterocycles. The molecule has 4 rings (SSSR count). The Kier molecular flexibility index (Phi) is 5.69. The molecular weight excluding hydrogens is 447 g/mol. The summed E-state index contributed by atoms with van der Waals surface area (Å²) in [5, 5.41) is 14.4. The Hall–Kier alpha value is -1.52. The second-order valence-electron chi connectivity index (χ2n) is 7.60. The molecule has 0 saturated carbocycles. The van der Waals surface area contributed by atoms with Gasteiger partial charge in [-0.2, -0.15) is 5.06 Å². The number of halogens is 2. The zero-order chi connectivity index (χ0) is 20.8. The number of aliphatic hydroxyl groups is 1. The van der Waals surface area contributed by atoms with E-state index in [4.69, 9.17) is 14.4 Å². The van der Waals surface area contributed by atoms with E-state index in [9.17, 15) is 14.3 Å². The molecule has 3 aliphatic heterocycles. The second kappa shape index (κ2) is 7.96. The Morgan fingerprint density at radius 1 is 1.34 bits per heavy atom. The number of carbonyl (C=O) groups excluding carboxylic acids is 1. The number of piperidine rings is 1. The summed E-state index contributed by atoms with van der Waals surface area (Å²) in [4.78, 5) is 24.7. The number of aliphatic hydroxyl groups excluding tert-OH is 1. The van der Waals surface area contributed by atoms with Gasteiger partial charge in [0.15, 0.2) is 6.29 Å². The number of hydrogen-bond donors (Lipinski definition) is 1. The molecule has 1 spiro atoms. The summed E-state index contributed by atoms with van der Waals surface area (Å²) in [5.74, 6) is -0.907. The summed E-state index contributed by atoms with van der Waals surface area (Å²) in [5.41, 5.74) is 0.185. The Balaban J connectivity index is 1.76. The highest BCUT2D eigenvalue weighted by Gasteiger charge is 2.56. The Morgan fingerprint density at radius 3 is 2.69 bits per heavy atom. The predicted molar refractivity (Wildman–Crippen MR) is 106 cm³/mol. The van der Waals surface area contributed by atoms with Crippen molar-refractivity contribution < 1.29 is 28.7 Å². The molecule has 0 aliphatic carbocycles. The zero-order valence-electron chi connectivity index (χ0n) is 16.4. The van der Waals surface area contributed by atoms with Crippen molar-refractivity contribution in [3.8, 4) is 0 Å². The van der Waals surface area contributed by atoms with Gasteiger partial charge in [0.2, 0.25) is 0 Å². The van der Waals surface area contributed by atoms with Gasteiger partial charge in [-0.1, -0.05) is 0 Å². The lowest BCUT2D eigenvalue weighted by atomic mass is 9.85. The molecule has 3 aliphatic rings. The molecule has 158 valence electrons. The van der Waals surface area contributed by atoms with Crippen molar-refractivity contribution in [2.75, 3.05) is 26.8 Å². The van der Waals surface area contributed by atoms with Crippen LogP contribution in [0.3, 0.4) is 0 Å². The standard InChI is InChI=1S/C20H24BrFN2O5/c1-12-10-15(22)14(21)11-13(12)17-18(25)20(5-7-23(27-2)8-6-20)24(19(17)26)29-16-4-3-9-28-16/h10-11,16,25H,3-9H2,1-2H3. The van der Waals surface area contributed by atoms with Gasteiger partial charge >= 0.3 is 0 Å². The van der Waals surface area contributed by atoms with E-state index in [0.29, 0.717) is 50.1 Å². The van der Waals surface area contributed by atoms with Crippen molar-refractivity contribution in [3.05, 3.63) is 39.3 Å². The van der Waals surface area contributed by atoms with Crippen LogP contribution in [0.15, 0.2) is 22.4 Å². The molecule has 1 unspecified atom stereocenters. The van der Waals surface area contributed by atoms with Gasteiger partial charge in [0.05, 0.1) is 23.8 Å². The van der Waals surface area contributed by atoms with Gasteiger partial charge in [0.1, 0.15) is 17.1 Å². The first kappa shape index (κ1) is 20.7. The van der Waals surface area contributed by atoms with Crippen molar-refractivity contribution in [3.63, 3.8) is 0 Å². The summed E-state index contributed by atoms with van der Waals surface area (Å²) in [6.07, 6.45) is 1.89. The molecule has 1 N–H and O–H groups in total. The first-order chi connectivity index (χ1) is 13.9. The van der Waals surface area contributed by atoms with Crippen LogP contribution in [0.2, 0.25) is 0 Å². The van der Waals surface area contributed by atoms with E-state index in [1.54, 1.807) is 19.1 Å². The lowest BCUT2D eigenvalue weighted by Crippen LogP contribution is -2.55. The molecule has 1 aromatic carbocycles. The van der Waals surface area contributed by atoms with E-state index >= 15 is 0 Å². The number of ether oxygens (including phenoxy) is 1. The van der Waals surface area contributed by atoms with Gasteiger partial charge in [-0.3, -0.25) is 4.79 Å². The Labute approximate surface area is 177 Å². The number of rotatable bonds is 4. The number of amides is 1. The van der Waals surface area contributed by atoms with E-state index in [1.165, 1.54) is 17.2 Å².